The van der Waals surface area contributed by atoms with Crippen molar-refractivity contribution in [1.82, 2.24) is 20.4 Å². The van der Waals surface area contributed by atoms with E-state index in [0.717, 1.165) is 29.5 Å². The number of allylic oxidation sites excluding steroid dienone is 1. The Kier molecular flexibility index (Phi) is 9.92. The smallest absolute Gasteiger partial charge is 0.419 e. The molecule has 1 aliphatic carbocycles. The van der Waals surface area contributed by atoms with Gasteiger partial charge in [-0.15, -0.1) is 0 Å². The maximum Gasteiger partial charge on any atom is 0.419 e. The van der Waals surface area contributed by atoms with Crippen molar-refractivity contribution in [2.24, 2.45) is 5.92 Å². The van der Waals surface area contributed by atoms with E-state index in [0.29, 0.717) is 19.3 Å². The number of methoxy groups -OCH3 is 1. The van der Waals surface area contributed by atoms with Gasteiger partial charge in [-0.2, -0.15) is 4.90 Å². The Bertz CT molecular complexity index is 1580. The van der Waals surface area contributed by atoms with Crippen molar-refractivity contribution in [3.8, 4) is 0 Å². The molecule has 1 saturated carbocycles. The molecule has 0 radical (unpaired) electrons. The predicted octanol–water partition coefficient (Wildman–Crippen LogP) is 0.899. The number of alkyl carbamates (subject to hydrolysis) is 1. The number of halogens is 1. The molecule has 0 spiro atoms. The van der Waals surface area contributed by atoms with Crippen molar-refractivity contribution < 1.29 is 63.0 Å². The SMILES string of the molecule is COC(=O)C12CC1C=CCCCCCC(NC(=O)OC(C)(C)C)C(=O)N1CC(OC(=O)N3C(O)(O)c4cccc(F)c4C3(O)O)CC1C(=O)N2. The average molecular weight is 707 g/mol. The molecule has 6 N–H and O–H groups in total. The highest BCUT2D eigenvalue weighted by Crippen LogP contribution is 2.47. The van der Waals surface area contributed by atoms with Crippen molar-refractivity contribution in [3.05, 3.63) is 47.3 Å². The molecule has 5 unspecified atom stereocenters. The molecule has 17 heteroatoms. The number of hydrogen-bond acceptors (Lipinski definition) is 12. The van der Waals surface area contributed by atoms with Gasteiger partial charge in [-0.1, -0.05) is 37.1 Å². The van der Waals surface area contributed by atoms with Gasteiger partial charge in [0.15, 0.2) is 0 Å². The Morgan fingerprint density at radius 2 is 1.78 bits per heavy atom. The van der Waals surface area contributed by atoms with Gasteiger partial charge < -0.3 is 50.2 Å². The number of benzene rings is 1. The second-order valence-electron chi connectivity index (χ2n) is 14.0. The van der Waals surface area contributed by atoms with Crippen LogP contribution < -0.4 is 10.6 Å². The fraction of sp³-hybridized carbons (Fsp3) is 0.606. The van der Waals surface area contributed by atoms with E-state index in [1.807, 2.05) is 12.2 Å². The number of hydrogen-bond donors (Lipinski definition) is 6. The lowest BCUT2D eigenvalue weighted by atomic mass is 10.0. The third-order valence-corrected chi connectivity index (χ3v) is 9.26. The number of amides is 4. The van der Waals surface area contributed by atoms with Crippen molar-refractivity contribution in [3.63, 3.8) is 0 Å². The summed E-state index contributed by atoms with van der Waals surface area (Å²) in [6.45, 7) is 4.48. The summed E-state index contributed by atoms with van der Waals surface area (Å²) in [6, 6.07) is 0.294. The molecule has 0 bridgehead atoms. The number of aliphatic hydroxyl groups is 4. The fourth-order valence-corrected chi connectivity index (χ4v) is 6.81. The lowest BCUT2D eigenvalue weighted by Crippen LogP contribution is -2.56. The van der Waals surface area contributed by atoms with Crippen LogP contribution in [0.1, 0.15) is 76.8 Å². The molecule has 2 fully saturated rings. The maximum atomic E-state index is 14.6. The third kappa shape index (κ3) is 6.99. The van der Waals surface area contributed by atoms with Crippen LogP contribution in [0.3, 0.4) is 0 Å². The zero-order chi connectivity index (χ0) is 36.8. The van der Waals surface area contributed by atoms with Crippen LogP contribution in [0.2, 0.25) is 0 Å². The maximum absolute atomic E-state index is 14.6. The normalized spacial score (nSPS) is 29.0. The summed E-state index contributed by atoms with van der Waals surface area (Å²) in [5.74, 6) is -10.9. The lowest BCUT2D eigenvalue weighted by molar-refractivity contribution is -0.362. The highest BCUT2D eigenvalue weighted by molar-refractivity contribution is 5.96. The fourth-order valence-electron chi connectivity index (χ4n) is 6.81. The largest absolute Gasteiger partial charge is 0.467 e. The van der Waals surface area contributed by atoms with E-state index in [1.54, 1.807) is 20.8 Å². The quantitative estimate of drug-likeness (QED) is 0.112. The first kappa shape index (κ1) is 36.9. The molecule has 3 aliphatic heterocycles. The summed E-state index contributed by atoms with van der Waals surface area (Å²) in [6.07, 6.45) is 2.41. The van der Waals surface area contributed by atoms with Gasteiger partial charge in [-0.3, -0.25) is 9.59 Å². The number of ether oxygens (including phenoxy) is 3. The molecule has 4 amide bonds. The van der Waals surface area contributed by atoms with E-state index in [2.05, 4.69) is 10.6 Å². The van der Waals surface area contributed by atoms with Gasteiger partial charge >= 0.3 is 18.2 Å². The van der Waals surface area contributed by atoms with Crippen molar-refractivity contribution in [2.75, 3.05) is 13.7 Å². The van der Waals surface area contributed by atoms with E-state index >= 15 is 0 Å². The number of nitrogens with zero attached hydrogens (tertiary/aromatic N) is 2. The molecule has 1 aromatic carbocycles. The molecule has 16 nitrogen and oxygen atoms in total. The molecule has 5 atom stereocenters. The van der Waals surface area contributed by atoms with Gasteiger partial charge in [0, 0.05) is 17.9 Å². The first-order chi connectivity index (χ1) is 23.3. The molecule has 3 heterocycles. The van der Waals surface area contributed by atoms with Crippen LogP contribution in [0.4, 0.5) is 14.0 Å². The van der Waals surface area contributed by atoms with Crippen LogP contribution >= 0.6 is 0 Å². The van der Waals surface area contributed by atoms with Crippen LogP contribution in [0, 0.1) is 11.7 Å². The van der Waals surface area contributed by atoms with Gasteiger partial charge in [0.2, 0.25) is 11.8 Å². The minimum absolute atomic E-state index is 0.165. The summed E-state index contributed by atoms with van der Waals surface area (Å²) in [5, 5.41) is 48.3. The summed E-state index contributed by atoms with van der Waals surface area (Å²) in [5.41, 5.74) is -4.02. The van der Waals surface area contributed by atoms with Crippen molar-refractivity contribution in [1.29, 1.82) is 0 Å². The van der Waals surface area contributed by atoms with Crippen molar-refractivity contribution in [2.45, 2.75) is 107 Å². The topological polar surface area (TPSA) is 224 Å². The molecular formula is C33H43FN4O12. The van der Waals surface area contributed by atoms with Crippen LogP contribution in [0.25, 0.3) is 0 Å². The number of fused-ring (bicyclic) bond motifs is 3. The Hall–Kier alpha value is -4.32. The minimum Gasteiger partial charge on any atom is -0.467 e. The first-order valence-electron chi connectivity index (χ1n) is 16.4. The Balaban J connectivity index is 1.44. The Labute approximate surface area is 287 Å². The van der Waals surface area contributed by atoms with E-state index in [4.69, 9.17) is 14.2 Å². The predicted molar refractivity (Wildman–Crippen MR) is 167 cm³/mol. The molecule has 0 aromatic heterocycles. The van der Waals surface area contributed by atoms with Gasteiger partial charge in [-0.05, 0) is 52.5 Å². The van der Waals surface area contributed by atoms with Crippen LogP contribution in [-0.2, 0) is 40.4 Å². The lowest BCUT2D eigenvalue weighted by Gasteiger charge is -2.34. The molecule has 1 saturated heterocycles. The number of carbonyl (C=O) groups excluding carboxylic acids is 5. The molecule has 274 valence electrons. The molecular weight excluding hydrogens is 663 g/mol. The minimum atomic E-state index is -3.57. The standard InChI is InChI=1S/C33H43FN4O12/c1-30(2,3)50-28(42)35-22-14-9-7-5-6-8-11-18-16-31(18,27(41)48-4)36-25(39)23-15-19(17-37(23)26(22)40)49-29(43)38-32(44,45)20-12-10-13-21(34)24(20)33(38,46)47/h8,10-13,18-19,22-23,44-47H,5-7,9,14-17H2,1-4H3,(H,35,42)(H,36,39). The second-order valence-corrected chi connectivity index (χ2v) is 14.0. The highest BCUT2D eigenvalue weighted by atomic mass is 19.1. The Morgan fingerprint density at radius 1 is 1.06 bits per heavy atom. The number of carbonyl (C=O) groups is 5. The third-order valence-electron chi connectivity index (χ3n) is 9.26. The van der Waals surface area contributed by atoms with Gasteiger partial charge in [0.05, 0.1) is 19.2 Å². The molecule has 50 heavy (non-hydrogen) atoms. The van der Waals surface area contributed by atoms with E-state index < -0.39 is 94.6 Å². The van der Waals surface area contributed by atoms with E-state index in [1.165, 1.54) is 7.11 Å². The van der Waals surface area contributed by atoms with E-state index in [-0.39, 0.29) is 30.1 Å². The highest BCUT2D eigenvalue weighted by Gasteiger charge is 2.64. The average Bonchev–Trinajstić information content (AvgIpc) is 3.47. The zero-order valence-electron chi connectivity index (χ0n) is 28.2. The number of esters is 1. The Morgan fingerprint density at radius 3 is 2.44 bits per heavy atom. The van der Waals surface area contributed by atoms with E-state index in [9.17, 15) is 48.8 Å². The number of nitrogens with one attached hydrogen (secondary N) is 2. The van der Waals surface area contributed by atoms with Crippen molar-refractivity contribution >= 4 is 30.0 Å². The monoisotopic (exact) mass is 706 g/mol. The molecule has 1 aromatic rings. The summed E-state index contributed by atoms with van der Waals surface area (Å²) in [4.78, 5) is 68.0. The van der Waals surface area contributed by atoms with Gasteiger partial charge in [-0.25, -0.2) is 18.8 Å². The molecule has 4 aliphatic rings. The van der Waals surface area contributed by atoms with Crippen LogP contribution in [0.15, 0.2) is 30.4 Å². The second kappa shape index (κ2) is 13.4. The summed E-state index contributed by atoms with van der Waals surface area (Å²) < 4.78 is 30.4. The van der Waals surface area contributed by atoms with Crippen LogP contribution in [0.5, 0.6) is 0 Å². The van der Waals surface area contributed by atoms with Gasteiger partial charge in [0.1, 0.15) is 35.1 Å². The molecule has 5 rings (SSSR count). The summed E-state index contributed by atoms with van der Waals surface area (Å²) in [7, 11) is 1.18. The van der Waals surface area contributed by atoms with Gasteiger partial charge in [0.25, 0.3) is 11.8 Å². The summed E-state index contributed by atoms with van der Waals surface area (Å²) >= 11 is 0. The zero-order valence-corrected chi connectivity index (χ0v) is 28.2. The van der Waals surface area contributed by atoms with Crippen LogP contribution in [-0.4, -0.2) is 103 Å². The number of rotatable bonds is 3. The first-order valence-corrected chi connectivity index (χ1v) is 16.4.